The van der Waals surface area contributed by atoms with Crippen LogP contribution in [-0.2, 0) is 27.8 Å². The lowest BCUT2D eigenvalue weighted by molar-refractivity contribution is -0.118. The van der Waals surface area contributed by atoms with E-state index in [1.165, 1.54) is 11.1 Å². The number of hydrogen-bond donors (Lipinski definition) is 1. The minimum absolute atomic E-state index is 0.0418. The summed E-state index contributed by atoms with van der Waals surface area (Å²) in [6.45, 7) is 6.37. The lowest BCUT2D eigenvalue weighted by Crippen LogP contribution is -2.30. The molecule has 2 aromatic carbocycles. The molecule has 0 radical (unpaired) electrons. The lowest BCUT2D eigenvalue weighted by atomic mass is 10.1. The predicted octanol–water partition coefficient (Wildman–Crippen LogP) is 3.87. The topological polar surface area (TPSA) is 72.2 Å². The van der Waals surface area contributed by atoms with Crippen LogP contribution < -0.4 is 5.32 Å². The first-order valence-corrected chi connectivity index (χ1v) is 11.1. The average Bonchev–Trinajstić information content (AvgIpc) is 3.03. The number of amides is 1. The van der Waals surface area contributed by atoms with Gasteiger partial charge >= 0.3 is 0 Å². The van der Waals surface area contributed by atoms with Crippen LogP contribution in [0, 0.1) is 20.8 Å². The Balaban J connectivity index is 1.50. The zero-order valence-electron chi connectivity index (χ0n) is 17.0. The molecule has 0 fully saturated rings. The highest BCUT2D eigenvalue weighted by atomic mass is 32.2. The Kier molecular flexibility index (Phi) is 6.99. The molecule has 1 aromatic heterocycles. The van der Waals surface area contributed by atoms with Crippen molar-refractivity contribution >= 4 is 16.7 Å². The summed E-state index contributed by atoms with van der Waals surface area (Å²) >= 11 is 0. The van der Waals surface area contributed by atoms with Crippen LogP contribution in [0.4, 0.5) is 0 Å². The molecule has 1 N–H and O–H groups in total. The molecule has 0 bridgehead atoms. The Morgan fingerprint density at radius 3 is 2.52 bits per heavy atom. The van der Waals surface area contributed by atoms with E-state index in [4.69, 9.17) is 4.42 Å². The van der Waals surface area contributed by atoms with Gasteiger partial charge in [0.1, 0.15) is 11.5 Å². The summed E-state index contributed by atoms with van der Waals surface area (Å²) < 4.78 is 18.2. The Bertz CT molecular complexity index is 1010. The van der Waals surface area contributed by atoms with E-state index >= 15 is 0 Å². The quantitative estimate of drug-likeness (QED) is 0.612. The number of carbonyl (C=O) groups excluding carboxylic acids is 1. The number of aryl methyl sites for hydroxylation is 3. The fraction of sp³-hybridized carbons (Fsp3) is 0.304. The summed E-state index contributed by atoms with van der Waals surface area (Å²) in [7, 11) is -1.35. The highest BCUT2D eigenvalue weighted by Gasteiger charge is 2.16. The van der Waals surface area contributed by atoms with Crippen molar-refractivity contribution in [1.29, 1.82) is 0 Å². The third-order valence-corrected chi connectivity index (χ3v) is 5.89. The van der Waals surface area contributed by atoms with Crippen LogP contribution in [0.1, 0.15) is 28.1 Å². The second-order valence-corrected chi connectivity index (χ2v) is 8.61. The number of carbonyl (C=O) groups is 1. The van der Waals surface area contributed by atoms with Gasteiger partial charge in [-0.1, -0.05) is 48.0 Å². The van der Waals surface area contributed by atoms with Crippen LogP contribution in [0.5, 0.6) is 0 Å². The second kappa shape index (κ2) is 9.65. The first kappa shape index (κ1) is 21.0. The van der Waals surface area contributed by atoms with Gasteiger partial charge in [0.05, 0.1) is 11.4 Å². The van der Waals surface area contributed by atoms with Crippen molar-refractivity contribution in [3.05, 3.63) is 76.7 Å². The first-order valence-electron chi connectivity index (χ1n) is 9.62. The van der Waals surface area contributed by atoms with Crippen LogP contribution in [0.2, 0.25) is 0 Å². The molecule has 0 aliphatic rings. The number of aromatic nitrogens is 1. The normalized spacial score (nSPS) is 12.0. The third kappa shape index (κ3) is 5.87. The van der Waals surface area contributed by atoms with Gasteiger partial charge in [-0.2, -0.15) is 0 Å². The SMILES string of the molecule is Cc1ccc(CCNC(=O)C[S@](=O)Cc2nc(-c3ccccc3C)oc2C)cc1. The fourth-order valence-corrected chi connectivity index (χ4v) is 4.06. The van der Waals surface area contributed by atoms with E-state index in [1.54, 1.807) is 0 Å². The molecule has 1 amide bonds. The Labute approximate surface area is 174 Å². The van der Waals surface area contributed by atoms with Crippen molar-refractivity contribution in [3.63, 3.8) is 0 Å². The molecule has 6 heteroatoms. The van der Waals surface area contributed by atoms with Gasteiger partial charge < -0.3 is 9.73 Å². The smallest absolute Gasteiger partial charge is 0.232 e. The Hall–Kier alpha value is -2.73. The molecular formula is C23H26N2O3S. The van der Waals surface area contributed by atoms with Gasteiger partial charge in [-0.3, -0.25) is 9.00 Å². The molecule has 1 atom stereocenters. The molecule has 0 saturated heterocycles. The highest BCUT2D eigenvalue weighted by Crippen LogP contribution is 2.25. The maximum absolute atomic E-state index is 12.4. The highest BCUT2D eigenvalue weighted by molar-refractivity contribution is 7.84. The minimum atomic E-state index is -1.35. The van der Waals surface area contributed by atoms with Gasteiger partial charge in [0.25, 0.3) is 0 Å². The third-order valence-electron chi connectivity index (χ3n) is 4.71. The van der Waals surface area contributed by atoms with Gasteiger partial charge in [0.15, 0.2) is 0 Å². The fourth-order valence-electron chi connectivity index (χ4n) is 2.99. The molecule has 29 heavy (non-hydrogen) atoms. The van der Waals surface area contributed by atoms with Gasteiger partial charge in [-0.15, -0.1) is 0 Å². The largest absolute Gasteiger partial charge is 0.441 e. The summed E-state index contributed by atoms with van der Waals surface area (Å²) in [6.07, 6.45) is 0.751. The molecule has 0 unspecified atom stereocenters. The molecule has 0 aliphatic heterocycles. The van der Waals surface area contributed by atoms with Crippen LogP contribution in [0.3, 0.4) is 0 Å². The Morgan fingerprint density at radius 2 is 1.79 bits per heavy atom. The van der Waals surface area contributed by atoms with Crippen molar-refractivity contribution in [2.24, 2.45) is 0 Å². The van der Waals surface area contributed by atoms with Crippen molar-refractivity contribution in [2.45, 2.75) is 32.9 Å². The first-order chi connectivity index (χ1) is 13.9. The van der Waals surface area contributed by atoms with Crippen LogP contribution in [-0.4, -0.2) is 27.4 Å². The van der Waals surface area contributed by atoms with Crippen molar-refractivity contribution < 1.29 is 13.4 Å². The number of oxazole rings is 1. The summed E-state index contributed by atoms with van der Waals surface area (Å²) in [6, 6.07) is 16.0. The van der Waals surface area contributed by atoms with Crippen molar-refractivity contribution in [1.82, 2.24) is 10.3 Å². The molecule has 0 saturated carbocycles. The van der Waals surface area contributed by atoms with Crippen molar-refractivity contribution in [2.75, 3.05) is 12.3 Å². The number of benzene rings is 2. The van der Waals surface area contributed by atoms with Gasteiger partial charge in [0.2, 0.25) is 11.8 Å². The van der Waals surface area contributed by atoms with Crippen LogP contribution in [0.25, 0.3) is 11.5 Å². The van der Waals surface area contributed by atoms with Crippen molar-refractivity contribution in [3.8, 4) is 11.5 Å². The molecule has 0 spiro atoms. The monoisotopic (exact) mass is 410 g/mol. The van der Waals surface area contributed by atoms with E-state index in [0.29, 0.717) is 23.9 Å². The maximum atomic E-state index is 12.4. The van der Waals surface area contributed by atoms with Gasteiger partial charge in [-0.05, 0) is 44.4 Å². The van der Waals surface area contributed by atoms with E-state index in [2.05, 4.69) is 34.6 Å². The number of hydrogen-bond acceptors (Lipinski definition) is 4. The van der Waals surface area contributed by atoms with Gasteiger partial charge in [0, 0.05) is 22.9 Å². The molecule has 3 rings (SSSR count). The standard InChI is InChI=1S/C23H26N2O3S/c1-16-8-10-19(11-9-16)12-13-24-22(26)15-29(27)14-21-18(3)28-23(25-21)20-7-5-4-6-17(20)2/h4-11H,12-15H2,1-3H3,(H,24,26)/t29-/m1/s1. The molecule has 3 aromatic rings. The molecule has 152 valence electrons. The van der Waals surface area contributed by atoms with Crippen LogP contribution >= 0.6 is 0 Å². The molecule has 1 heterocycles. The van der Waals surface area contributed by atoms with E-state index < -0.39 is 10.8 Å². The van der Waals surface area contributed by atoms with Crippen LogP contribution in [0.15, 0.2) is 52.9 Å². The number of nitrogens with one attached hydrogen (secondary N) is 1. The van der Waals surface area contributed by atoms with E-state index in [9.17, 15) is 9.00 Å². The molecule has 0 aliphatic carbocycles. The summed E-state index contributed by atoms with van der Waals surface area (Å²) in [5, 5.41) is 2.84. The maximum Gasteiger partial charge on any atom is 0.232 e. The predicted molar refractivity (Wildman–Crippen MR) is 116 cm³/mol. The number of rotatable bonds is 8. The summed E-state index contributed by atoms with van der Waals surface area (Å²) in [5.41, 5.74) is 4.99. The Morgan fingerprint density at radius 1 is 1.07 bits per heavy atom. The zero-order chi connectivity index (χ0) is 20.8. The molecular weight excluding hydrogens is 384 g/mol. The summed E-state index contributed by atoms with van der Waals surface area (Å²) in [5.74, 6) is 1.11. The average molecular weight is 411 g/mol. The van der Waals surface area contributed by atoms with Gasteiger partial charge in [-0.25, -0.2) is 4.98 Å². The molecule has 5 nitrogen and oxygen atoms in total. The number of nitrogens with zero attached hydrogens (tertiary/aromatic N) is 1. The second-order valence-electron chi connectivity index (χ2n) is 7.15. The minimum Gasteiger partial charge on any atom is -0.441 e. The van der Waals surface area contributed by atoms with E-state index in [0.717, 1.165) is 17.5 Å². The zero-order valence-corrected chi connectivity index (χ0v) is 17.8. The van der Waals surface area contributed by atoms with E-state index in [1.807, 2.05) is 45.0 Å². The van der Waals surface area contributed by atoms with E-state index in [-0.39, 0.29) is 17.4 Å². The lowest BCUT2D eigenvalue weighted by Gasteiger charge is -2.05. The summed E-state index contributed by atoms with van der Waals surface area (Å²) in [4.78, 5) is 16.6.